The van der Waals surface area contributed by atoms with E-state index in [1.54, 1.807) is 5.57 Å². The normalized spacial score (nSPS) is 20.1. The van der Waals surface area contributed by atoms with Crippen molar-refractivity contribution in [3.05, 3.63) is 12.2 Å². The lowest BCUT2D eigenvalue weighted by Gasteiger charge is -2.10. The minimum atomic E-state index is 0.888. The number of allylic oxidation sites excluding steroid dienone is 1. The Hall–Kier alpha value is -0.260. The van der Waals surface area contributed by atoms with Crippen LogP contribution in [-0.4, -0.2) is 0 Å². The monoisotopic (exact) mass is 236 g/mol. The van der Waals surface area contributed by atoms with Crippen LogP contribution in [-0.2, 0) is 0 Å². The largest absolute Gasteiger partial charge is 0.0996 e. The van der Waals surface area contributed by atoms with Gasteiger partial charge in [0.15, 0.2) is 0 Å². The van der Waals surface area contributed by atoms with Crippen molar-refractivity contribution in [2.75, 3.05) is 0 Å². The third kappa shape index (κ3) is 6.91. The molecule has 1 aliphatic rings. The van der Waals surface area contributed by atoms with Crippen molar-refractivity contribution in [2.45, 2.75) is 90.4 Å². The molecule has 0 aromatic carbocycles. The van der Waals surface area contributed by atoms with E-state index in [9.17, 15) is 0 Å². The van der Waals surface area contributed by atoms with Crippen LogP contribution in [0.3, 0.4) is 0 Å². The van der Waals surface area contributed by atoms with E-state index in [4.69, 9.17) is 0 Å². The molecular weight excluding hydrogens is 204 g/mol. The van der Waals surface area contributed by atoms with Crippen LogP contribution in [0, 0.1) is 5.92 Å². The molecule has 1 saturated carbocycles. The van der Waals surface area contributed by atoms with Crippen LogP contribution in [0.1, 0.15) is 90.4 Å². The maximum absolute atomic E-state index is 4.19. The second-order valence-electron chi connectivity index (χ2n) is 5.86. The van der Waals surface area contributed by atoms with Crippen molar-refractivity contribution in [3.63, 3.8) is 0 Å². The predicted octanol–water partition coefficient (Wildman–Crippen LogP) is 6.26. The molecule has 0 nitrogen and oxygen atoms in total. The van der Waals surface area contributed by atoms with Crippen molar-refractivity contribution in [1.29, 1.82) is 0 Å². The van der Waals surface area contributed by atoms with E-state index < -0.39 is 0 Å². The van der Waals surface area contributed by atoms with Gasteiger partial charge < -0.3 is 0 Å². The highest BCUT2D eigenvalue weighted by atomic mass is 14.2. The highest BCUT2D eigenvalue weighted by molar-refractivity contribution is 5.05. The zero-order valence-corrected chi connectivity index (χ0v) is 12.0. The Bertz CT molecular complexity index is 192. The van der Waals surface area contributed by atoms with Gasteiger partial charge in [-0.1, -0.05) is 76.9 Å². The molecule has 0 aliphatic heterocycles. The molecule has 0 radical (unpaired) electrons. The molecule has 0 spiro atoms. The molecule has 0 N–H and O–H groups in total. The van der Waals surface area contributed by atoms with Gasteiger partial charge in [-0.3, -0.25) is 0 Å². The van der Waals surface area contributed by atoms with Gasteiger partial charge in [-0.15, -0.1) is 0 Å². The van der Waals surface area contributed by atoms with E-state index in [0.29, 0.717) is 0 Å². The molecule has 100 valence electrons. The molecule has 0 bridgehead atoms. The topological polar surface area (TPSA) is 0 Å². The summed E-state index contributed by atoms with van der Waals surface area (Å²) in [6.07, 6.45) is 18.6. The van der Waals surface area contributed by atoms with E-state index in [2.05, 4.69) is 13.5 Å². The second kappa shape index (κ2) is 9.74. The molecule has 0 aromatic rings. The average molecular weight is 236 g/mol. The van der Waals surface area contributed by atoms with Gasteiger partial charge in [0, 0.05) is 0 Å². The van der Waals surface area contributed by atoms with Gasteiger partial charge in [-0.2, -0.15) is 0 Å². The summed E-state index contributed by atoms with van der Waals surface area (Å²) in [4.78, 5) is 0. The van der Waals surface area contributed by atoms with E-state index in [1.165, 1.54) is 83.5 Å². The van der Waals surface area contributed by atoms with Gasteiger partial charge in [-0.05, 0) is 31.6 Å². The number of hydrogen-bond donors (Lipinski definition) is 0. The first-order chi connectivity index (χ1) is 8.34. The Morgan fingerprint density at radius 2 is 1.53 bits per heavy atom. The van der Waals surface area contributed by atoms with Crippen molar-refractivity contribution in [1.82, 2.24) is 0 Å². The lowest BCUT2D eigenvalue weighted by molar-refractivity contribution is 0.503. The summed E-state index contributed by atoms with van der Waals surface area (Å²) < 4.78 is 0. The molecule has 0 aromatic heterocycles. The third-order valence-electron chi connectivity index (χ3n) is 4.28. The Morgan fingerprint density at radius 1 is 0.941 bits per heavy atom. The van der Waals surface area contributed by atoms with Crippen LogP contribution in [0.4, 0.5) is 0 Å². The SMILES string of the molecule is C=C1CCC[C@H]1CCCCCCCCCCC. The molecule has 0 heterocycles. The summed E-state index contributed by atoms with van der Waals surface area (Å²) >= 11 is 0. The van der Waals surface area contributed by atoms with Crippen LogP contribution in [0.15, 0.2) is 12.2 Å². The lowest BCUT2D eigenvalue weighted by Crippen LogP contribution is -1.95. The first kappa shape index (κ1) is 14.8. The predicted molar refractivity (Wildman–Crippen MR) is 78.3 cm³/mol. The van der Waals surface area contributed by atoms with Crippen LogP contribution < -0.4 is 0 Å². The zero-order valence-electron chi connectivity index (χ0n) is 12.0. The standard InChI is InChI=1S/C17H32/c1-3-4-5-6-7-8-9-10-11-14-17-15-12-13-16(17)2/h17H,2-15H2,1H3/t17-/m1/s1. The minimum Gasteiger partial charge on any atom is -0.0996 e. The minimum absolute atomic E-state index is 0.888. The molecule has 1 rings (SSSR count). The lowest BCUT2D eigenvalue weighted by atomic mass is 9.96. The number of rotatable bonds is 10. The average Bonchev–Trinajstić information content (AvgIpc) is 2.73. The van der Waals surface area contributed by atoms with Gasteiger partial charge in [0.25, 0.3) is 0 Å². The summed E-state index contributed by atoms with van der Waals surface area (Å²) in [5.74, 6) is 0.888. The molecule has 1 aliphatic carbocycles. The van der Waals surface area contributed by atoms with E-state index in [-0.39, 0.29) is 0 Å². The van der Waals surface area contributed by atoms with Crippen LogP contribution in [0.2, 0.25) is 0 Å². The van der Waals surface area contributed by atoms with Gasteiger partial charge in [0.2, 0.25) is 0 Å². The smallest absolute Gasteiger partial charge is 0.0206 e. The van der Waals surface area contributed by atoms with Gasteiger partial charge in [0.05, 0.1) is 0 Å². The summed E-state index contributed by atoms with van der Waals surface area (Å²) in [5, 5.41) is 0. The quantitative estimate of drug-likeness (QED) is 0.310. The van der Waals surface area contributed by atoms with Crippen molar-refractivity contribution >= 4 is 0 Å². The summed E-state index contributed by atoms with van der Waals surface area (Å²) in [5.41, 5.74) is 1.55. The fourth-order valence-electron chi connectivity index (χ4n) is 3.03. The summed E-state index contributed by atoms with van der Waals surface area (Å²) in [6, 6.07) is 0. The second-order valence-corrected chi connectivity index (χ2v) is 5.86. The Morgan fingerprint density at radius 3 is 2.06 bits per heavy atom. The molecule has 1 fully saturated rings. The Balaban J connectivity index is 1.80. The van der Waals surface area contributed by atoms with Gasteiger partial charge in [0.1, 0.15) is 0 Å². The Kier molecular flexibility index (Phi) is 8.48. The maximum Gasteiger partial charge on any atom is -0.0206 e. The fourth-order valence-corrected chi connectivity index (χ4v) is 3.03. The molecule has 1 atom stereocenters. The highest BCUT2D eigenvalue weighted by Gasteiger charge is 2.17. The number of hydrogen-bond acceptors (Lipinski definition) is 0. The molecule has 0 saturated heterocycles. The number of unbranched alkanes of at least 4 members (excludes halogenated alkanes) is 8. The molecule has 0 heteroatoms. The summed E-state index contributed by atoms with van der Waals surface area (Å²) in [6.45, 7) is 6.48. The molecular formula is C17H32. The van der Waals surface area contributed by atoms with Crippen molar-refractivity contribution < 1.29 is 0 Å². The maximum atomic E-state index is 4.19. The third-order valence-corrected chi connectivity index (χ3v) is 4.28. The van der Waals surface area contributed by atoms with E-state index >= 15 is 0 Å². The zero-order chi connectivity index (χ0) is 12.3. The van der Waals surface area contributed by atoms with Crippen LogP contribution >= 0.6 is 0 Å². The first-order valence-electron chi connectivity index (χ1n) is 8.02. The van der Waals surface area contributed by atoms with E-state index in [1.807, 2.05) is 0 Å². The summed E-state index contributed by atoms with van der Waals surface area (Å²) in [7, 11) is 0. The molecule has 0 unspecified atom stereocenters. The Labute approximate surface area is 109 Å². The van der Waals surface area contributed by atoms with Gasteiger partial charge in [-0.25, -0.2) is 0 Å². The fraction of sp³-hybridized carbons (Fsp3) is 0.882. The van der Waals surface area contributed by atoms with Crippen molar-refractivity contribution in [3.8, 4) is 0 Å². The molecule has 0 amide bonds. The highest BCUT2D eigenvalue weighted by Crippen LogP contribution is 2.33. The first-order valence-corrected chi connectivity index (χ1v) is 8.02. The van der Waals surface area contributed by atoms with Crippen LogP contribution in [0.25, 0.3) is 0 Å². The van der Waals surface area contributed by atoms with E-state index in [0.717, 1.165) is 5.92 Å². The van der Waals surface area contributed by atoms with Gasteiger partial charge >= 0.3 is 0 Å². The van der Waals surface area contributed by atoms with Crippen LogP contribution in [0.5, 0.6) is 0 Å². The molecule has 17 heavy (non-hydrogen) atoms. The van der Waals surface area contributed by atoms with Crippen molar-refractivity contribution in [2.24, 2.45) is 5.92 Å².